The highest BCUT2D eigenvalue weighted by Gasteiger charge is 2.29. The molecule has 0 fully saturated rings. The van der Waals surface area contributed by atoms with Gasteiger partial charge in [0.1, 0.15) is 11.9 Å². The van der Waals surface area contributed by atoms with Crippen LogP contribution in [-0.2, 0) is 26.2 Å². The normalized spacial score (nSPS) is 12.3. The summed E-state index contributed by atoms with van der Waals surface area (Å²) in [5, 5.41) is 2.91. The van der Waals surface area contributed by atoms with Gasteiger partial charge in [0.15, 0.2) is 0 Å². The van der Waals surface area contributed by atoms with Gasteiger partial charge in [-0.15, -0.1) is 0 Å². The van der Waals surface area contributed by atoms with Crippen molar-refractivity contribution in [3.63, 3.8) is 0 Å². The molecular weight excluding hydrogens is 493 g/mol. The molecule has 0 bridgehead atoms. The number of hydrogen-bond acceptors (Lipinski definition) is 4. The summed E-state index contributed by atoms with van der Waals surface area (Å²) in [7, 11) is -3.56. The molecule has 7 nitrogen and oxygen atoms in total. The number of sulfonamides is 1. The largest absolute Gasteiger partial charge is 0.354 e. The third-order valence-electron chi connectivity index (χ3n) is 6.27. The number of aryl methyl sites for hydroxylation is 2. The molecule has 0 aliphatic carbocycles. The number of carbonyl (C=O) groups is 2. The van der Waals surface area contributed by atoms with Crippen molar-refractivity contribution in [1.29, 1.82) is 0 Å². The van der Waals surface area contributed by atoms with Crippen LogP contribution >= 0.6 is 0 Å². The van der Waals surface area contributed by atoms with Crippen LogP contribution in [0.3, 0.4) is 0 Å². The number of halogens is 1. The Kier molecular flexibility index (Phi) is 11.1. The Labute approximate surface area is 221 Å². The Morgan fingerprint density at radius 1 is 1.03 bits per heavy atom. The van der Waals surface area contributed by atoms with Crippen molar-refractivity contribution in [2.75, 3.05) is 23.7 Å². The molecular formula is C28H40FN3O4S. The monoisotopic (exact) mass is 533 g/mol. The van der Waals surface area contributed by atoms with Gasteiger partial charge in [-0.25, -0.2) is 12.8 Å². The summed E-state index contributed by atoms with van der Waals surface area (Å²) in [6, 6.07) is 10.6. The van der Waals surface area contributed by atoms with Gasteiger partial charge >= 0.3 is 0 Å². The van der Waals surface area contributed by atoms with Gasteiger partial charge in [-0.2, -0.15) is 0 Å². The zero-order valence-corrected chi connectivity index (χ0v) is 23.6. The molecule has 0 aliphatic rings. The number of nitrogens with zero attached hydrogens (tertiary/aromatic N) is 2. The first-order valence-electron chi connectivity index (χ1n) is 12.7. The smallest absolute Gasteiger partial charge is 0.242 e. The number of rotatable bonds is 13. The first kappa shape index (κ1) is 30.3. The zero-order chi connectivity index (χ0) is 27.8. The fourth-order valence-electron chi connectivity index (χ4n) is 4.01. The number of anilines is 1. The molecule has 0 saturated carbocycles. The third kappa shape index (κ3) is 9.14. The minimum absolute atomic E-state index is 0.0615. The highest BCUT2D eigenvalue weighted by atomic mass is 32.2. The highest BCUT2D eigenvalue weighted by Crippen LogP contribution is 2.22. The molecule has 0 saturated heterocycles. The summed E-state index contributed by atoms with van der Waals surface area (Å²) in [5.41, 5.74) is 3.30. The van der Waals surface area contributed by atoms with E-state index in [4.69, 9.17) is 0 Å². The predicted molar refractivity (Wildman–Crippen MR) is 146 cm³/mol. The molecule has 37 heavy (non-hydrogen) atoms. The van der Waals surface area contributed by atoms with E-state index in [0.29, 0.717) is 24.2 Å². The van der Waals surface area contributed by atoms with Gasteiger partial charge in [0.25, 0.3) is 0 Å². The molecule has 0 aliphatic heterocycles. The Balaban J connectivity index is 2.22. The van der Waals surface area contributed by atoms with Crippen molar-refractivity contribution in [2.45, 2.75) is 66.5 Å². The zero-order valence-electron chi connectivity index (χ0n) is 22.8. The minimum atomic E-state index is -3.56. The summed E-state index contributed by atoms with van der Waals surface area (Å²) in [6.45, 7) is 10.5. The van der Waals surface area contributed by atoms with Crippen LogP contribution in [0.5, 0.6) is 0 Å². The molecule has 2 amide bonds. The van der Waals surface area contributed by atoms with Crippen LogP contribution in [0.4, 0.5) is 10.1 Å². The topological polar surface area (TPSA) is 86.8 Å². The summed E-state index contributed by atoms with van der Waals surface area (Å²) >= 11 is 0. The summed E-state index contributed by atoms with van der Waals surface area (Å²) in [6.07, 6.45) is 1.90. The van der Waals surface area contributed by atoms with Crippen molar-refractivity contribution in [1.82, 2.24) is 10.2 Å². The Morgan fingerprint density at radius 3 is 2.22 bits per heavy atom. The van der Waals surface area contributed by atoms with E-state index in [9.17, 15) is 22.4 Å². The number of hydrogen-bond donors (Lipinski definition) is 1. The molecule has 0 unspecified atom stereocenters. The van der Waals surface area contributed by atoms with Gasteiger partial charge in [0.05, 0.1) is 11.9 Å². The van der Waals surface area contributed by atoms with E-state index in [1.165, 1.54) is 21.3 Å². The maximum Gasteiger partial charge on any atom is 0.242 e. The molecule has 1 atom stereocenters. The molecule has 204 valence electrons. The Bertz CT molecular complexity index is 1170. The number of nitrogens with one attached hydrogen (secondary N) is 1. The summed E-state index contributed by atoms with van der Waals surface area (Å²) < 4.78 is 39.8. The van der Waals surface area contributed by atoms with E-state index in [1.807, 2.05) is 46.8 Å². The van der Waals surface area contributed by atoms with Crippen LogP contribution in [0.1, 0.15) is 56.7 Å². The van der Waals surface area contributed by atoms with Gasteiger partial charge in [-0.1, -0.05) is 39.0 Å². The van der Waals surface area contributed by atoms with Gasteiger partial charge in [0.2, 0.25) is 21.8 Å². The predicted octanol–water partition coefficient (Wildman–Crippen LogP) is 4.57. The van der Waals surface area contributed by atoms with Crippen LogP contribution in [-0.4, -0.2) is 50.5 Å². The van der Waals surface area contributed by atoms with Crippen LogP contribution < -0.4 is 9.62 Å². The molecule has 0 spiro atoms. The lowest BCUT2D eigenvalue weighted by Gasteiger charge is -2.31. The average Bonchev–Trinajstić information content (AvgIpc) is 2.82. The van der Waals surface area contributed by atoms with Gasteiger partial charge in [-0.3, -0.25) is 13.9 Å². The Hall–Kier alpha value is -2.94. The van der Waals surface area contributed by atoms with Crippen molar-refractivity contribution in [3.05, 3.63) is 65.0 Å². The third-order valence-corrected chi connectivity index (χ3v) is 7.46. The lowest BCUT2D eigenvalue weighted by Crippen LogP contribution is -2.49. The van der Waals surface area contributed by atoms with Crippen molar-refractivity contribution in [2.24, 2.45) is 5.92 Å². The maximum absolute atomic E-state index is 13.4. The molecule has 2 aromatic carbocycles. The summed E-state index contributed by atoms with van der Waals surface area (Å²) in [5.74, 6) is -0.616. The van der Waals surface area contributed by atoms with Crippen LogP contribution in [0.25, 0.3) is 0 Å². The molecule has 1 N–H and O–H groups in total. The molecule has 0 radical (unpaired) electrons. The number of carbonyl (C=O) groups excluding carboxylic acids is 2. The van der Waals surface area contributed by atoms with Crippen LogP contribution in [0, 0.1) is 25.6 Å². The van der Waals surface area contributed by atoms with Gasteiger partial charge in [0, 0.05) is 26.1 Å². The standard InChI is InChI=1S/C28H40FN3O4S/c1-7-26(28(34)30-18-20(2)3)31(19-23-11-13-24(29)14-12-23)27(33)9-8-16-32(37(6,35)36)25-15-10-21(4)22(5)17-25/h10-15,17,20,26H,7-9,16,18-19H2,1-6H3,(H,30,34)/t26-/m0/s1. The Morgan fingerprint density at radius 2 is 1.68 bits per heavy atom. The number of benzene rings is 2. The SMILES string of the molecule is CC[C@@H](C(=O)NCC(C)C)N(Cc1ccc(F)cc1)C(=O)CCCN(c1ccc(C)c(C)c1)S(C)(=O)=O. The first-order valence-corrected chi connectivity index (χ1v) is 14.5. The van der Waals surface area contributed by atoms with Gasteiger partial charge < -0.3 is 10.2 Å². The van der Waals surface area contributed by atoms with E-state index in [2.05, 4.69) is 5.32 Å². The highest BCUT2D eigenvalue weighted by molar-refractivity contribution is 7.92. The second-order valence-electron chi connectivity index (χ2n) is 9.92. The number of amides is 2. The molecule has 2 aromatic rings. The van der Waals surface area contributed by atoms with E-state index in [1.54, 1.807) is 18.2 Å². The second kappa shape index (κ2) is 13.6. The van der Waals surface area contributed by atoms with Crippen LogP contribution in [0.2, 0.25) is 0 Å². The molecule has 9 heteroatoms. The van der Waals surface area contributed by atoms with Crippen molar-refractivity contribution < 1.29 is 22.4 Å². The van der Waals surface area contributed by atoms with Gasteiger partial charge in [-0.05, 0) is 73.6 Å². The minimum Gasteiger partial charge on any atom is -0.354 e. The van der Waals surface area contributed by atoms with Crippen molar-refractivity contribution >= 4 is 27.5 Å². The average molecular weight is 534 g/mol. The van der Waals surface area contributed by atoms with Crippen LogP contribution in [0.15, 0.2) is 42.5 Å². The van der Waals surface area contributed by atoms with Crippen molar-refractivity contribution in [3.8, 4) is 0 Å². The second-order valence-corrected chi connectivity index (χ2v) is 11.8. The van der Waals surface area contributed by atoms with E-state index >= 15 is 0 Å². The fourth-order valence-corrected chi connectivity index (χ4v) is 4.97. The molecule has 0 aromatic heterocycles. The van der Waals surface area contributed by atoms with E-state index in [0.717, 1.165) is 17.4 Å². The lowest BCUT2D eigenvalue weighted by atomic mass is 10.1. The van der Waals surface area contributed by atoms with E-state index in [-0.39, 0.29) is 49.5 Å². The maximum atomic E-state index is 13.4. The molecule has 2 rings (SSSR count). The fraction of sp³-hybridized carbons (Fsp3) is 0.500. The first-order chi connectivity index (χ1) is 17.3. The lowest BCUT2D eigenvalue weighted by molar-refractivity contribution is -0.141. The quantitative estimate of drug-likeness (QED) is 0.409. The summed E-state index contributed by atoms with van der Waals surface area (Å²) in [4.78, 5) is 27.9. The molecule has 0 heterocycles. The van der Waals surface area contributed by atoms with E-state index < -0.39 is 16.1 Å².